The standard InChI is InChI=1S/C27H32N2O6/c1-27(2,3)35-25(32)28-14-8-9-18(15-28)29(16-24(30)31)26(33)34-17-23-21-12-6-4-10-19(21)20-11-5-7-13-22(20)23/h4-7,10-13,18,23H,8-9,14-17H2,1-3H3,(H,30,31). The summed E-state index contributed by atoms with van der Waals surface area (Å²) >= 11 is 0. The monoisotopic (exact) mass is 480 g/mol. The summed E-state index contributed by atoms with van der Waals surface area (Å²) < 4.78 is 11.2. The van der Waals surface area contributed by atoms with Crippen LogP contribution in [0.1, 0.15) is 50.7 Å². The van der Waals surface area contributed by atoms with Crippen LogP contribution in [0.3, 0.4) is 0 Å². The summed E-state index contributed by atoms with van der Waals surface area (Å²) in [7, 11) is 0. The number of carboxylic acids is 1. The third-order valence-electron chi connectivity index (χ3n) is 6.37. The molecule has 0 bridgehead atoms. The number of benzene rings is 2. The van der Waals surface area contributed by atoms with Crippen LogP contribution < -0.4 is 0 Å². The van der Waals surface area contributed by atoms with Gasteiger partial charge in [-0.25, -0.2) is 9.59 Å². The lowest BCUT2D eigenvalue weighted by Crippen LogP contribution is -2.53. The minimum Gasteiger partial charge on any atom is -0.480 e. The molecule has 186 valence electrons. The number of hydrogen-bond donors (Lipinski definition) is 1. The first-order valence-corrected chi connectivity index (χ1v) is 12.0. The first-order valence-electron chi connectivity index (χ1n) is 12.0. The second-order valence-electron chi connectivity index (χ2n) is 10.0. The molecule has 1 aliphatic carbocycles. The maximum atomic E-state index is 13.2. The van der Waals surface area contributed by atoms with E-state index in [-0.39, 0.29) is 19.1 Å². The van der Waals surface area contributed by atoms with E-state index >= 15 is 0 Å². The Bertz CT molecular complexity index is 1060. The van der Waals surface area contributed by atoms with E-state index in [0.29, 0.717) is 19.4 Å². The maximum Gasteiger partial charge on any atom is 0.410 e. The van der Waals surface area contributed by atoms with Crippen LogP contribution in [-0.4, -0.2) is 70.9 Å². The lowest BCUT2D eigenvalue weighted by molar-refractivity contribution is -0.138. The fourth-order valence-corrected chi connectivity index (χ4v) is 4.87. The molecular formula is C27H32N2O6. The van der Waals surface area contributed by atoms with Gasteiger partial charge in [0.05, 0.1) is 6.04 Å². The van der Waals surface area contributed by atoms with Gasteiger partial charge in [-0.1, -0.05) is 48.5 Å². The average Bonchev–Trinajstić information content (AvgIpc) is 3.13. The first-order chi connectivity index (χ1) is 16.6. The highest BCUT2D eigenvalue weighted by atomic mass is 16.6. The van der Waals surface area contributed by atoms with Gasteiger partial charge < -0.3 is 19.5 Å². The van der Waals surface area contributed by atoms with Crippen molar-refractivity contribution in [2.24, 2.45) is 0 Å². The number of carboxylic acid groups (broad SMARTS) is 1. The second kappa shape index (κ2) is 9.98. The highest BCUT2D eigenvalue weighted by Crippen LogP contribution is 2.44. The number of carbonyl (C=O) groups excluding carboxylic acids is 2. The fraction of sp³-hybridized carbons (Fsp3) is 0.444. The van der Waals surface area contributed by atoms with E-state index in [1.807, 2.05) is 36.4 Å². The summed E-state index contributed by atoms with van der Waals surface area (Å²) in [5.74, 6) is -1.25. The number of rotatable bonds is 5. The zero-order valence-corrected chi connectivity index (χ0v) is 20.4. The molecule has 1 heterocycles. The van der Waals surface area contributed by atoms with Crippen molar-refractivity contribution in [2.75, 3.05) is 26.2 Å². The average molecular weight is 481 g/mol. The number of ether oxygens (including phenoxy) is 2. The Morgan fingerprint density at radius 1 is 1.03 bits per heavy atom. The molecule has 0 spiro atoms. The molecule has 2 amide bonds. The van der Waals surface area contributed by atoms with Gasteiger partial charge in [-0.2, -0.15) is 0 Å². The van der Waals surface area contributed by atoms with E-state index in [2.05, 4.69) is 12.1 Å². The molecule has 4 rings (SSSR count). The molecule has 8 nitrogen and oxygen atoms in total. The molecule has 8 heteroatoms. The van der Waals surface area contributed by atoms with Gasteiger partial charge in [0.25, 0.3) is 0 Å². The highest BCUT2D eigenvalue weighted by molar-refractivity contribution is 5.80. The number of hydrogen-bond acceptors (Lipinski definition) is 5. The summed E-state index contributed by atoms with van der Waals surface area (Å²) in [6.45, 7) is 5.68. The third-order valence-corrected chi connectivity index (χ3v) is 6.37. The SMILES string of the molecule is CC(C)(C)OC(=O)N1CCCC(N(CC(=O)O)C(=O)OCC2c3ccccc3-c3ccccc32)C1. The smallest absolute Gasteiger partial charge is 0.410 e. The van der Waals surface area contributed by atoms with Gasteiger partial charge in [0.15, 0.2) is 0 Å². The fourth-order valence-electron chi connectivity index (χ4n) is 4.87. The van der Waals surface area contributed by atoms with Crippen LogP contribution in [0.5, 0.6) is 0 Å². The van der Waals surface area contributed by atoms with Gasteiger partial charge in [0, 0.05) is 19.0 Å². The van der Waals surface area contributed by atoms with Crippen LogP contribution in [0, 0.1) is 0 Å². The van der Waals surface area contributed by atoms with Gasteiger partial charge in [-0.15, -0.1) is 0 Å². The molecule has 0 radical (unpaired) electrons. The molecule has 1 fully saturated rings. The van der Waals surface area contributed by atoms with Crippen molar-refractivity contribution < 1.29 is 29.0 Å². The van der Waals surface area contributed by atoms with Crippen LogP contribution in [0.25, 0.3) is 11.1 Å². The van der Waals surface area contributed by atoms with Crippen molar-refractivity contribution >= 4 is 18.2 Å². The Morgan fingerprint density at radius 3 is 2.20 bits per heavy atom. The second-order valence-corrected chi connectivity index (χ2v) is 10.0. The third kappa shape index (κ3) is 5.58. The van der Waals surface area contributed by atoms with E-state index in [4.69, 9.17) is 9.47 Å². The normalized spacial score (nSPS) is 17.3. The summed E-state index contributed by atoms with van der Waals surface area (Å²) in [6, 6.07) is 15.6. The van der Waals surface area contributed by atoms with E-state index < -0.39 is 36.3 Å². The van der Waals surface area contributed by atoms with Gasteiger partial charge in [-0.05, 0) is 55.9 Å². The molecule has 1 unspecified atom stereocenters. The molecule has 1 atom stereocenters. The first kappa shape index (κ1) is 24.6. The minimum atomic E-state index is -1.13. The molecule has 2 aliphatic rings. The molecule has 2 aromatic rings. The molecule has 0 aromatic heterocycles. The Morgan fingerprint density at radius 2 is 1.63 bits per heavy atom. The van der Waals surface area contributed by atoms with E-state index in [1.165, 1.54) is 9.80 Å². The van der Waals surface area contributed by atoms with Gasteiger partial charge in [0.2, 0.25) is 0 Å². The zero-order chi connectivity index (χ0) is 25.2. The molecule has 1 aliphatic heterocycles. The van der Waals surface area contributed by atoms with Crippen LogP contribution >= 0.6 is 0 Å². The van der Waals surface area contributed by atoms with Crippen LogP contribution in [0.4, 0.5) is 9.59 Å². The lowest BCUT2D eigenvalue weighted by Gasteiger charge is -2.38. The van der Waals surface area contributed by atoms with Gasteiger partial charge in [-0.3, -0.25) is 9.69 Å². The predicted molar refractivity (Wildman–Crippen MR) is 130 cm³/mol. The Kier molecular flexibility index (Phi) is 7.00. The summed E-state index contributed by atoms with van der Waals surface area (Å²) in [6.07, 6.45) is 0.0586. The topological polar surface area (TPSA) is 96.4 Å². The highest BCUT2D eigenvalue weighted by Gasteiger charge is 2.35. The van der Waals surface area contributed by atoms with Crippen LogP contribution in [0.15, 0.2) is 48.5 Å². The number of likely N-dealkylation sites (tertiary alicyclic amines) is 1. The number of nitrogens with zero attached hydrogens (tertiary/aromatic N) is 2. The molecular weight excluding hydrogens is 448 g/mol. The quantitative estimate of drug-likeness (QED) is 0.665. The van der Waals surface area contributed by atoms with Crippen molar-refractivity contribution in [1.29, 1.82) is 0 Å². The largest absolute Gasteiger partial charge is 0.480 e. The zero-order valence-electron chi connectivity index (χ0n) is 20.4. The minimum absolute atomic E-state index is 0.103. The number of piperidine rings is 1. The summed E-state index contributed by atoms with van der Waals surface area (Å²) in [4.78, 5) is 40.1. The number of carbonyl (C=O) groups is 3. The molecule has 1 saturated heterocycles. The summed E-state index contributed by atoms with van der Waals surface area (Å²) in [5, 5.41) is 9.48. The van der Waals surface area contributed by atoms with Gasteiger partial charge >= 0.3 is 18.2 Å². The van der Waals surface area contributed by atoms with Crippen molar-refractivity contribution in [3.63, 3.8) is 0 Å². The van der Waals surface area contributed by atoms with Crippen LogP contribution in [-0.2, 0) is 14.3 Å². The van der Waals surface area contributed by atoms with E-state index in [0.717, 1.165) is 22.3 Å². The van der Waals surface area contributed by atoms with Crippen molar-refractivity contribution in [3.8, 4) is 11.1 Å². The lowest BCUT2D eigenvalue weighted by atomic mass is 9.98. The molecule has 0 saturated carbocycles. The maximum absolute atomic E-state index is 13.2. The summed E-state index contributed by atoms with van der Waals surface area (Å²) in [5.41, 5.74) is 3.76. The molecule has 35 heavy (non-hydrogen) atoms. The Balaban J connectivity index is 1.47. The van der Waals surface area contributed by atoms with Crippen LogP contribution in [0.2, 0.25) is 0 Å². The van der Waals surface area contributed by atoms with Gasteiger partial charge in [0.1, 0.15) is 18.8 Å². The van der Waals surface area contributed by atoms with E-state index in [9.17, 15) is 19.5 Å². The van der Waals surface area contributed by atoms with Crippen molar-refractivity contribution in [1.82, 2.24) is 9.80 Å². The molecule has 1 N–H and O–H groups in total. The number of fused-ring (bicyclic) bond motifs is 3. The van der Waals surface area contributed by atoms with E-state index in [1.54, 1.807) is 20.8 Å². The van der Waals surface area contributed by atoms with Crippen molar-refractivity contribution in [3.05, 3.63) is 59.7 Å². The Labute approximate surface area is 205 Å². The Hall–Kier alpha value is -3.55. The molecule has 2 aromatic carbocycles. The number of aliphatic carboxylic acids is 1. The number of amides is 2. The van der Waals surface area contributed by atoms with Crippen molar-refractivity contribution in [2.45, 2.75) is 51.2 Å². The predicted octanol–water partition coefficient (Wildman–Crippen LogP) is 4.72.